The quantitative estimate of drug-likeness (QED) is 0.567. The smallest absolute Gasteiger partial charge is 0.337 e. The Morgan fingerprint density at radius 3 is 2.71 bits per heavy atom. The van der Waals surface area contributed by atoms with Gasteiger partial charge in [-0.25, -0.2) is 4.79 Å². The van der Waals surface area contributed by atoms with Gasteiger partial charge in [0.05, 0.1) is 12.7 Å². The van der Waals surface area contributed by atoms with Crippen LogP contribution in [-0.2, 0) is 4.74 Å². The lowest BCUT2D eigenvalue weighted by atomic mass is 10.1. The highest BCUT2D eigenvalue weighted by molar-refractivity contribution is 7.99. The summed E-state index contributed by atoms with van der Waals surface area (Å²) in [6, 6.07) is 5.78. The number of carbonyl (C=O) groups excluding carboxylic acids is 1. The molecule has 0 saturated heterocycles. The molecule has 1 aromatic carbocycles. The zero-order chi connectivity index (χ0) is 10.6. The molecule has 76 valence electrons. The van der Waals surface area contributed by atoms with Crippen molar-refractivity contribution < 1.29 is 9.53 Å². The van der Waals surface area contributed by atoms with E-state index >= 15 is 0 Å². The second-order valence-corrected chi connectivity index (χ2v) is 4.30. The fourth-order valence-electron chi connectivity index (χ4n) is 1.23. The van der Waals surface area contributed by atoms with E-state index < -0.39 is 0 Å². The Bertz CT molecular complexity index is 334. The molecule has 3 heteroatoms. The highest BCUT2D eigenvalue weighted by Crippen LogP contribution is 2.21. The van der Waals surface area contributed by atoms with Crippen molar-refractivity contribution in [1.29, 1.82) is 0 Å². The summed E-state index contributed by atoms with van der Waals surface area (Å²) in [4.78, 5) is 12.4. The topological polar surface area (TPSA) is 26.3 Å². The maximum absolute atomic E-state index is 11.3. The lowest BCUT2D eigenvalue weighted by molar-refractivity contribution is 0.0600. The highest BCUT2D eigenvalue weighted by Gasteiger charge is 2.06. The fraction of sp³-hybridized carbons (Fsp3) is 0.364. The number of ether oxygens (including phenoxy) is 1. The van der Waals surface area contributed by atoms with E-state index in [0.29, 0.717) is 5.56 Å². The fourth-order valence-corrected chi connectivity index (χ4v) is 2.05. The predicted molar refractivity (Wildman–Crippen MR) is 58.9 cm³/mol. The molecule has 2 nitrogen and oxygen atoms in total. The maximum atomic E-state index is 11.3. The average molecular weight is 210 g/mol. The molecule has 1 aromatic rings. The molecule has 0 atom stereocenters. The molecule has 0 bridgehead atoms. The van der Waals surface area contributed by atoms with E-state index in [0.717, 1.165) is 16.2 Å². The monoisotopic (exact) mass is 210 g/mol. The van der Waals surface area contributed by atoms with Crippen molar-refractivity contribution in [3.8, 4) is 0 Å². The first-order valence-electron chi connectivity index (χ1n) is 4.50. The van der Waals surface area contributed by atoms with E-state index in [9.17, 15) is 4.79 Å². The van der Waals surface area contributed by atoms with Crippen LogP contribution in [0.5, 0.6) is 0 Å². The second kappa shape index (κ2) is 5.05. The molecule has 0 spiro atoms. The van der Waals surface area contributed by atoms with Gasteiger partial charge in [0.1, 0.15) is 0 Å². The van der Waals surface area contributed by atoms with Crippen LogP contribution in [0.25, 0.3) is 0 Å². The lowest BCUT2D eigenvalue weighted by Gasteiger charge is -2.04. The predicted octanol–water partition coefficient (Wildman–Crippen LogP) is 2.89. The van der Waals surface area contributed by atoms with Crippen LogP contribution >= 0.6 is 11.8 Å². The molecule has 0 radical (unpaired) electrons. The zero-order valence-electron chi connectivity index (χ0n) is 8.66. The molecule has 0 saturated carbocycles. The van der Waals surface area contributed by atoms with Crippen molar-refractivity contribution in [3.05, 3.63) is 29.3 Å². The largest absolute Gasteiger partial charge is 0.465 e. The molecule has 1 rings (SSSR count). The highest BCUT2D eigenvalue weighted by atomic mass is 32.2. The lowest BCUT2D eigenvalue weighted by Crippen LogP contribution is -2.01. The maximum Gasteiger partial charge on any atom is 0.337 e. The van der Waals surface area contributed by atoms with Crippen LogP contribution < -0.4 is 0 Å². The summed E-state index contributed by atoms with van der Waals surface area (Å²) in [6.07, 6.45) is 0. The molecule has 0 aliphatic heterocycles. The summed E-state index contributed by atoms with van der Waals surface area (Å²) in [5.41, 5.74) is 1.72. The number of rotatable bonds is 3. The van der Waals surface area contributed by atoms with Crippen LogP contribution in [0.2, 0.25) is 0 Å². The van der Waals surface area contributed by atoms with E-state index in [1.54, 1.807) is 11.8 Å². The van der Waals surface area contributed by atoms with E-state index in [-0.39, 0.29) is 5.97 Å². The summed E-state index contributed by atoms with van der Waals surface area (Å²) in [7, 11) is 1.40. The minimum Gasteiger partial charge on any atom is -0.465 e. The van der Waals surface area contributed by atoms with Gasteiger partial charge in [-0.2, -0.15) is 0 Å². The third-order valence-electron chi connectivity index (χ3n) is 1.78. The van der Waals surface area contributed by atoms with Crippen LogP contribution in [-0.4, -0.2) is 18.8 Å². The van der Waals surface area contributed by atoms with Crippen LogP contribution in [0.3, 0.4) is 0 Å². The van der Waals surface area contributed by atoms with E-state index in [4.69, 9.17) is 0 Å². The van der Waals surface area contributed by atoms with Gasteiger partial charge in [-0.15, -0.1) is 11.8 Å². The van der Waals surface area contributed by atoms with Gasteiger partial charge in [0.2, 0.25) is 0 Å². The number of carbonyl (C=O) groups is 1. The van der Waals surface area contributed by atoms with E-state index in [2.05, 4.69) is 17.7 Å². The molecular weight excluding hydrogens is 196 g/mol. The van der Waals surface area contributed by atoms with Crippen molar-refractivity contribution >= 4 is 17.7 Å². The van der Waals surface area contributed by atoms with Gasteiger partial charge in [0, 0.05) is 4.90 Å². The Kier molecular flexibility index (Phi) is 4.01. The molecule has 0 unspecified atom stereocenters. The number of hydrogen-bond donors (Lipinski definition) is 0. The van der Waals surface area contributed by atoms with Crippen LogP contribution in [0.4, 0.5) is 0 Å². The molecule has 0 amide bonds. The molecule has 14 heavy (non-hydrogen) atoms. The number of benzene rings is 1. The summed E-state index contributed by atoms with van der Waals surface area (Å²) < 4.78 is 4.68. The minimum atomic E-state index is -0.272. The van der Waals surface area contributed by atoms with Gasteiger partial charge in [-0.05, 0) is 36.4 Å². The van der Waals surface area contributed by atoms with Crippen molar-refractivity contribution in [2.75, 3.05) is 12.9 Å². The van der Waals surface area contributed by atoms with Crippen molar-refractivity contribution in [2.24, 2.45) is 0 Å². The molecule has 0 fully saturated rings. The van der Waals surface area contributed by atoms with Crippen LogP contribution in [0, 0.1) is 6.92 Å². The summed E-state index contributed by atoms with van der Waals surface area (Å²) in [5.74, 6) is 0.732. The molecule has 0 aliphatic rings. The molecule has 0 aromatic heterocycles. The molecule has 0 aliphatic carbocycles. The number of esters is 1. The Morgan fingerprint density at radius 2 is 2.14 bits per heavy atom. The first kappa shape index (κ1) is 11.1. The normalized spacial score (nSPS) is 9.93. The van der Waals surface area contributed by atoms with Crippen LogP contribution in [0.1, 0.15) is 22.8 Å². The SMILES string of the molecule is CCSc1cc(C)cc(C(=O)OC)c1. The first-order chi connectivity index (χ1) is 6.67. The number of thioether (sulfide) groups is 1. The minimum absolute atomic E-state index is 0.272. The molecule has 0 N–H and O–H groups in total. The van der Waals surface area contributed by atoms with Crippen LogP contribution in [0.15, 0.2) is 23.1 Å². The number of aryl methyl sites for hydroxylation is 1. The Morgan fingerprint density at radius 1 is 1.43 bits per heavy atom. The van der Waals surface area contributed by atoms with Gasteiger partial charge < -0.3 is 4.74 Å². The second-order valence-electron chi connectivity index (χ2n) is 2.96. The van der Waals surface area contributed by atoms with Gasteiger partial charge >= 0.3 is 5.97 Å². The van der Waals surface area contributed by atoms with Gasteiger partial charge in [-0.1, -0.05) is 6.92 Å². The van der Waals surface area contributed by atoms with Crippen molar-refractivity contribution in [3.63, 3.8) is 0 Å². The van der Waals surface area contributed by atoms with E-state index in [1.165, 1.54) is 7.11 Å². The third-order valence-corrected chi connectivity index (χ3v) is 2.64. The third kappa shape index (κ3) is 2.77. The first-order valence-corrected chi connectivity index (χ1v) is 5.48. The van der Waals surface area contributed by atoms with Crippen molar-refractivity contribution in [1.82, 2.24) is 0 Å². The average Bonchev–Trinajstić information content (AvgIpc) is 2.16. The summed E-state index contributed by atoms with van der Waals surface area (Å²) in [5, 5.41) is 0. The van der Waals surface area contributed by atoms with Gasteiger partial charge in [-0.3, -0.25) is 0 Å². The Hall–Kier alpha value is -0.960. The molecular formula is C11H14O2S. The Labute approximate surface area is 88.7 Å². The number of hydrogen-bond acceptors (Lipinski definition) is 3. The zero-order valence-corrected chi connectivity index (χ0v) is 9.48. The van der Waals surface area contributed by atoms with Crippen molar-refractivity contribution in [2.45, 2.75) is 18.7 Å². The summed E-state index contributed by atoms with van der Waals surface area (Å²) in [6.45, 7) is 4.07. The van der Waals surface area contributed by atoms with E-state index in [1.807, 2.05) is 19.1 Å². The van der Waals surface area contributed by atoms with Gasteiger partial charge in [0.15, 0.2) is 0 Å². The molecule has 0 heterocycles. The number of methoxy groups -OCH3 is 1. The standard InChI is InChI=1S/C11H14O2S/c1-4-14-10-6-8(2)5-9(7-10)11(12)13-3/h5-7H,4H2,1-3H3. The summed E-state index contributed by atoms with van der Waals surface area (Å²) >= 11 is 1.72. The van der Waals surface area contributed by atoms with Gasteiger partial charge in [0.25, 0.3) is 0 Å². The Balaban J connectivity index is 3.00.